The van der Waals surface area contributed by atoms with Crippen LogP contribution in [0.15, 0.2) is 18.5 Å². The van der Waals surface area contributed by atoms with Crippen molar-refractivity contribution < 1.29 is 0 Å². The molecule has 2 nitrogen and oxygen atoms in total. The molecule has 0 aromatic carbocycles. The first-order valence-electron chi connectivity index (χ1n) is 4.18. The van der Waals surface area contributed by atoms with E-state index in [1.165, 1.54) is 25.2 Å². The first-order valence-corrected chi connectivity index (χ1v) is 4.18. The molecule has 2 heterocycles. The summed E-state index contributed by atoms with van der Waals surface area (Å²) < 4.78 is 2.28. The number of hydrogen-bond donors (Lipinski definition) is 1. The highest BCUT2D eigenvalue weighted by molar-refractivity contribution is 5.07. The number of rotatable bonds is 2. The molecule has 0 aliphatic carbocycles. The Morgan fingerprint density at radius 1 is 1.64 bits per heavy atom. The van der Waals surface area contributed by atoms with Crippen LogP contribution in [0.5, 0.6) is 0 Å². The summed E-state index contributed by atoms with van der Waals surface area (Å²) in [6.45, 7) is 5.70. The summed E-state index contributed by atoms with van der Waals surface area (Å²) in [5.74, 6) is 0.863. The van der Waals surface area contributed by atoms with Gasteiger partial charge in [-0.25, -0.2) is 0 Å². The summed E-state index contributed by atoms with van der Waals surface area (Å²) in [4.78, 5) is 0. The van der Waals surface area contributed by atoms with Gasteiger partial charge in [0.25, 0.3) is 0 Å². The molecule has 11 heavy (non-hydrogen) atoms. The molecule has 60 valence electrons. The molecule has 1 aromatic heterocycles. The Bertz CT molecular complexity index is 235. The largest absolute Gasteiger partial charge is 0.354 e. The topological polar surface area (TPSA) is 17.0 Å². The van der Waals surface area contributed by atoms with Crippen molar-refractivity contribution >= 4 is 0 Å². The van der Waals surface area contributed by atoms with E-state index in [4.69, 9.17) is 0 Å². The molecule has 2 rings (SSSR count). The predicted molar refractivity (Wildman–Crippen MR) is 45.5 cm³/mol. The van der Waals surface area contributed by atoms with Crippen molar-refractivity contribution in [1.29, 1.82) is 0 Å². The first-order chi connectivity index (χ1) is 5.34. The Balaban J connectivity index is 1.95. The highest BCUT2D eigenvalue weighted by Crippen LogP contribution is 2.08. The number of aryl methyl sites for hydroxylation is 1. The fraction of sp³-hybridized carbons (Fsp3) is 0.556. The molecular weight excluding hydrogens is 136 g/mol. The van der Waals surface area contributed by atoms with Gasteiger partial charge < -0.3 is 9.88 Å². The third-order valence-corrected chi connectivity index (χ3v) is 2.23. The van der Waals surface area contributed by atoms with Crippen LogP contribution in [0.3, 0.4) is 0 Å². The minimum absolute atomic E-state index is 0.863. The molecule has 1 saturated heterocycles. The highest BCUT2D eigenvalue weighted by Gasteiger charge is 2.16. The van der Waals surface area contributed by atoms with Gasteiger partial charge in [-0.05, 0) is 18.6 Å². The normalized spacial score (nSPS) is 18.3. The van der Waals surface area contributed by atoms with Gasteiger partial charge in [0.05, 0.1) is 0 Å². The van der Waals surface area contributed by atoms with Gasteiger partial charge in [0.2, 0.25) is 0 Å². The lowest BCUT2D eigenvalue weighted by atomic mass is 10.0. The van der Waals surface area contributed by atoms with Gasteiger partial charge in [0.15, 0.2) is 0 Å². The second-order valence-electron chi connectivity index (χ2n) is 3.41. The summed E-state index contributed by atoms with van der Waals surface area (Å²) in [5.41, 5.74) is 1.36. The third kappa shape index (κ3) is 1.46. The van der Waals surface area contributed by atoms with Gasteiger partial charge in [-0.2, -0.15) is 0 Å². The smallest absolute Gasteiger partial charge is 0.0272 e. The molecule has 0 radical (unpaired) electrons. The molecular formula is C9H14N2. The maximum atomic E-state index is 3.27. The molecule has 0 spiro atoms. The van der Waals surface area contributed by atoms with Crippen LogP contribution in [0.2, 0.25) is 0 Å². The second kappa shape index (κ2) is 2.70. The predicted octanol–water partition coefficient (Wildman–Crippen LogP) is 1.02. The average molecular weight is 150 g/mol. The van der Waals surface area contributed by atoms with Crippen LogP contribution in [-0.2, 0) is 6.54 Å². The van der Waals surface area contributed by atoms with Crippen LogP contribution in [0.4, 0.5) is 0 Å². The minimum atomic E-state index is 0.863. The van der Waals surface area contributed by atoms with Gasteiger partial charge in [-0.1, -0.05) is 0 Å². The molecule has 2 heteroatoms. The van der Waals surface area contributed by atoms with E-state index in [0.717, 1.165) is 5.92 Å². The molecule has 0 bridgehead atoms. The van der Waals surface area contributed by atoms with Crippen molar-refractivity contribution in [3.63, 3.8) is 0 Å². The lowest BCUT2D eigenvalue weighted by Gasteiger charge is -2.27. The Hall–Kier alpha value is -0.760. The van der Waals surface area contributed by atoms with E-state index in [9.17, 15) is 0 Å². The Labute approximate surface area is 67.2 Å². The van der Waals surface area contributed by atoms with Gasteiger partial charge in [0, 0.05) is 37.9 Å². The Morgan fingerprint density at radius 2 is 2.45 bits per heavy atom. The van der Waals surface area contributed by atoms with Gasteiger partial charge >= 0.3 is 0 Å². The summed E-state index contributed by atoms with van der Waals surface area (Å²) >= 11 is 0. The molecule has 0 unspecified atom stereocenters. The van der Waals surface area contributed by atoms with Gasteiger partial charge in [-0.3, -0.25) is 0 Å². The van der Waals surface area contributed by atoms with Crippen molar-refractivity contribution in [2.24, 2.45) is 5.92 Å². The van der Waals surface area contributed by atoms with Crippen LogP contribution < -0.4 is 5.32 Å². The summed E-state index contributed by atoms with van der Waals surface area (Å²) in [7, 11) is 0. The molecule has 0 atom stereocenters. The maximum absolute atomic E-state index is 3.27. The summed E-state index contributed by atoms with van der Waals surface area (Å²) in [6, 6.07) is 2.16. The standard InChI is InChI=1S/C9H14N2/c1-8-2-3-11(6-8)7-9-4-10-5-9/h2-3,6,9-10H,4-5,7H2,1H3. The van der Waals surface area contributed by atoms with Crippen molar-refractivity contribution in [1.82, 2.24) is 9.88 Å². The molecule has 0 amide bonds. The van der Waals surface area contributed by atoms with E-state index in [1.807, 2.05) is 0 Å². The first kappa shape index (κ1) is 6.92. The zero-order chi connectivity index (χ0) is 7.68. The Morgan fingerprint density at radius 3 is 2.91 bits per heavy atom. The zero-order valence-corrected chi connectivity index (χ0v) is 6.88. The third-order valence-electron chi connectivity index (χ3n) is 2.23. The molecule has 1 aliphatic heterocycles. The molecule has 1 aliphatic rings. The van der Waals surface area contributed by atoms with E-state index in [1.54, 1.807) is 0 Å². The number of nitrogens with zero attached hydrogens (tertiary/aromatic N) is 1. The molecule has 1 N–H and O–H groups in total. The second-order valence-corrected chi connectivity index (χ2v) is 3.41. The van der Waals surface area contributed by atoms with Gasteiger partial charge in [-0.15, -0.1) is 0 Å². The van der Waals surface area contributed by atoms with E-state index in [-0.39, 0.29) is 0 Å². The van der Waals surface area contributed by atoms with E-state index >= 15 is 0 Å². The summed E-state index contributed by atoms with van der Waals surface area (Å²) in [6.07, 6.45) is 4.37. The van der Waals surface area contributed by atoms with E-state index < -0.39 is 0 Å². The number of aromatic nitrogens is 1. The minimum Gasteiger partial charge on any atom is -0.354 e. The van der Waals surface area contributed by atoms with E-state index in [0.29, 0.717) is 0 Å². The van der Waals surface area contributed by atoms with Crippen molar-refractivity contribution in [2.45, 2.75) is 13.5 Å². The number of nitrogens with one attached hydrogen (secondary N) is 1. The van der Waals surface area contributed by atoms with E-state index in [2.05, 4.69) is 35.3 Å². The molecule has 1 aromatic rings. The molecule has 0 saturated carbocycles. The average Bonchev–Trinajstić information content (AvgIpc) is 2.27. The SMILES string of the molecule is Cc1ccn(CC2CNC2)c1. The van der Waals surface area contributed by atoms with Crippen LogP contribution in [-0.4, -0.2) is 17.7 Å². The lowest BCUT2D eigenvalue weighted by molar-refractivity contribution is 0.307. The van der Waals surface area contributed by atoms with Crippen LogP contribution >= 0.6 is 0 Å². The quantitative estimate of drug-likeness (QED) is 0.666. The lowest BCUT2D eigenvalue weighted by Crippen LogP contribution is -2.43. The highest BCUT2D eigenvalue weighted by atomic mass is 15.0. The van der Waals surface area contributed by atoms with Crippen LogP contribution in [0, 0.1) is 12.8 Å². The van der Waals surface area contributed by atoms with Gasteiger partial charge in [0.1, 0.15) is 0 Å². The maximum Gasteiger partial charge on any atom is 0.0272 e. The van der Waals surface area contributed by atoms with Crippen molar-refractivity contribution in [2.75, 3.05) is 13.1 Å². The zero-order valence-electron chi connectivity index (χ0n) is 6.88. The fourth-order valence-electron chi connectivity index (χ4n) is 1.45. The summed E-state index contributed by atoms with van der Waals surface area (Å²) in [5, 5.41) is 3.27. The van der Waals surface area contributed by atoms with Crippen molar-refractivity contribution in [3.05, 3.63) is 24.0 Å². The van der Waals surface area contributed by atoms with Crippen molar-refractivity contribution in [3.8, 4) is 0 Å². The van der Waals surface area contributed by atoms with Crippen LogP contribution in [0.1, 0.15) is 5.56 Å². The molecule has 1 fully saturated rings. The Kier molecular flexibility index (Phi) is 1.70. The number of hydrogen-bond acceptors (Lipinski definition) is 1. The fourth-order valence-corrected chi connectivity index (χ4v) is 1.45. The monoisotopic (exact) mass is 150 g/mol. The van der Waals surface area contributed by atoms with Crippen LogP contribution in [0.25, 0.3) is 0 Å².